The molecule has 1 aliphatic rings. The SMILES string of the molecule is O=C(Nc1ccc(SC(F)F)cc1)C1CCN(C(=O)/C=C/c2ccccc2)CC1. The lowest BCUT2D eigenvalue weighted by Gasteiger charge is -2.30. The van der Waals surface area contributed by atoms with Crippen LogP contribution in [0, 0.1) is 5.92 Å². The molecule has 2 aromatic carbocycles. The summed E-state index contributed by atoms with van der Waals surface area (Å²) in [5, 5.41) is 2.83. The van der Waals surface area contributed by atoms with E-state index in [-0.39, 0.29) is 17.7 Å². The van der Waals surface area contributed by atoms with Gasteiger partial charge in [0.15, 0.2) is 0 Å². The van der Waals surface area contributed by atoms with Gasteiger partial charge in [0.25, 0.3) is 5.76 Å². The number of carbonyl (C=O) groups is 2. The third-order valence-corrected chi connectivity index (χ3v) is 5.46. The van der Waals surface area contributed by atoms with Crippen LogP contribution in [0.15, 0.2) is 65.6 Å². The van der Waals surface area contributed by atoms with Crippen molar-refractivity contribution in [1.82, 2.24) is 4.90 Å². The number of nitrogens with one attached hydrogen (secondary N) is 1. The van der Waals surface area contributed by atoms with Crippen molar-refractivity contribution in [1.29, 1.82) is 0 Å². The summed E-state index contributed by atoms with van der Waals surface area (Å²) in [5.74, 6) is -2.80. The molecule has 0 aliphatic carbocycles. The first kappa shape index (κ1) is 21.0. The summed E-state index contributed by atoms with van der Waals surface area (Å²) in [6.07, 6.45) is 4.54. The van der Waals surface area contributed by atoms with Gasteiger partial charge >= 0.3 is 0 Å². The van der Waals surface area contributed by atoms with E-state index < -0.39 is 5.76 Å². The molecule has 0 radical (unpaired) electrons. The van der Waals surface area contributed by atoms with E-state index in [2.05, 4.69) is 5.32 Å². The highest BCUT2D eigenvalue weighted by Gasteiger charge is 2.26. The average molecular weight is 416 g/mol. The Morgan fingerprint density at radius 1 is 1.03 bits per heavy atom. The summed E-state index contributed by atoms with van der Waals surface area (Å²) in [6.45, 7) is 1.06. The second-order valence-electron chi connectivity index (χ2n) is 6.74. The predicted molar refractivity (Wildman–Crippen MR) is 112 cm³/mol. The van der Waals surface area contributed by atoms with Crippen molar-refractivity contribution in [2.75, 3.05) is 18.4 Å². The summed E-state index contributed by atoms with van der Waals surface area (Å²) in [4.78, 5) is 27.0. The van der Waals surface area contributed by atoms with Gasteiger partial charge in [0, 0.05) is 35.7 Å². The van der Waals surface area contributed by atoms with E-state index in [0.717, 1.165) is 5.56 Å². The van der Waals surface area contributed by atoms with Crippen molar-refractivity contribution in [3.8, 4) is 0 Å². The number of carbonyl (C=O) groups excluding carboxylic acids is 2. The van der Waals surface area contributed by atoms with Crippen LogP contribution in [-0.4, -0.2) is 35.6 Å². The summed E-state index contributed by atoms with van der Waals surface area (Å²) in [6, 6.07) is 16.0. The van der Waals surface area contributed by atoms with Crippen LogP contribution >= 0.6 is 11.8 Å². The summed E-state index contributed by atoms with van der Waals surface area (Å²) < 4.78 is 24.7. The highest BCUT2D eigenvalue weighted by Crippen LogP contribution is 2.27. The van der Waals surface area contributed by atoms with Crippen molar-refractivity contribution in [3.05, 3.63) is 66.2 Å². The lowest BCUT2D eigenvalue weighted by molar-refractivity contribution is -0.130. The number of rotatable bonds is 6. The maximum atomic E-state index is 12.5. The van der Waals surface area contributed by atoms with Crippen molar-refractivity contribution >= 4 is 35.3 Å². The summed E-state index contributed by atoms with van der Waals surface area (Å²) in [7, 11) is 0. The monoisotopic (exact) mass is 416 g/mol. The van der Waals surface area contributed by atoms with Gasteiger partial charge in [-0.05, 0) is 48.7 Å². The van der Waals surface area contributed by atoms with E-state index in [1.54, 1.807) is 41.3 Å². The molecule has 1 saturated heterocycles. The molecule has 0 unspecified atom stereocenters. The van der Waals surface area contributed by atoms with Gasteiger partial charge in [-0.15, -0.1) is 0 Å². The van der Waals surface area contributed by atoms with Gasteiger partial charge in [-0.25, -0.2) is 0 Å². The molecule has 0 aromatic heterocycles. The van der Waals surface area contributed by atoms with E-state index in [1.165, 1.54) is 0 Å². The summed E-state index contributed by atoms with van der Waals surface area (Å²) in [5.41, 5.74) is 1.55. The standard InChI is InChI=1S/C22H22F2N2O2S/c23-22(24)29-19-9-7-18(8-10-19)25-21(28)17-12-14-26(15-13-17)20(27)11-6-16-4-2-1-3-5-16/h1-11,17,22H,12-15H2,(H,25,28)/b11-6+. The van der Waals surface area contributed by atoms with Crippen LogP contribution in [0.2, 0.25) is 0 Å². The molecule has 1 fully saturated rings. The maximum absolute atomic E-state index is 12.5. The number of benzene rings is 2. The second kappa shape index (κ2) is 10.2. The molecule has 0 bridgehead atoms. The largest absolute Gasteiger partial charge is 0.339 e. The topological polar surface area (TPSA) is 49.4 Å². The highest BCUT2D eigenvalue weighted by atomic mass is 32.2. The first-order valence-electron chi connectivity index (χ1n) is 9.39. The Morgan fingerprint density at radius 3 is 2.31 bits per heavy atom. The molecule has 1 heterocycles. The fraction of sp³-hybridized carbons (Fsp3) is 0.273. The number of thioether (sulfide) groups is 1. The molecule has 0 atom stereocenters. The number of amides is 2. The first-order valence-corrected chi connectivity index (χ1v) is 10.3. The van der Waals surface area contributed by atoms with E-state index in [0.29, 0.717) is 48.3 Å². The fourth-order valence-electron chi connectivity index (χ4n) is 3.16. The minimum absolute atomic E-state index is 0.0557. The van der Waals surface area contributed by atoms with Gasteiger partial charge in [-0.1, -0.05) is 42.1 Å². The molecule has 152 valence electrons. The molecule has 3 rings (SSSR count). The first-order chi connectivity index (χ1) is 14.0. The van der Waals surface area contributed by atoms with Crippen LogP contribution in [0.25, 0.3) is 6.08 Å². The molecule has 0 spiro atoms. The van der Waals surface area contributed by atoms with E-state index in [4.69, 9.17) is 0 Å². The van der Waals surface area contributed by atoms with E-state index >= 15 is 0 Å². The Morgan fingerprint density at radius 2 is 1.69 bits per heavy atom. The van der Waals surface area contributed by atoms with Crippen LogP contribution < -0.4 is 5.32 Å². The van der Waals surface area contributed by atoms with Crippen molar-refractivity contribution in [3.63, 3.8) is 0 Å². The molecule has 0 saturated carbocycles. The number of likely N-dealkylation sites (tertiary alicyclic amines) is 1. The lowest BCUT2D eigenvalue weighted by Crippen LogP contribution is -2.40. The van der Waals surface area contributed by atoms with Gasteiger partial charge in [0.1, 0.15) is 0 Å². The third kappa shape index (κ3) is 6.42. The number of halogens is 2. The Kier molecular flexibility index (Phi) is 7.41. The zero-order chi connectivity index (χ0) is 20.6. The van der Waals surface area contributed by atoms with Crippen molar-refractivity contribution < 1.29 is 18.4 Å². The van der Waals surface area contributed by atoms with Crippen LogP contribution in [0.4, 0.5) is 14.5 Å². The maximum Gasteiger partial charge on any atom is 0.288 e. The molecule has 2 amide bonds. The lowest BCUT2D eigenvalue weighted by atomic mass is 9.95. The Hall–Kier alpha value is -2.67. The van der Waals surface area contributed by atoms with Gasteiger partial charge in [0.2, 0.25) is 11.8 Å². The van der Waals surface area contributed by atoms with E-state index in [1.807, 2.05) is 30.3 Å². The minimum Gasteiger partial charge on any atom is -0.339 e. The van der Waals surface area contributed by atoms with Crippen LogP contribution in [-0.2, 0) is 9.59 Å². The second-order valence-corrected chi connectivity index (χ2v) is 7.80. The molecule has 4 nitrogen and oxygen atoms in total. The van der Waals surface area contributed by atoms with Crippen molar-refractivity contribution in [2.45, 2.75) is 23.5 Å². The van der Waals surface area contributed by atoms with Crippen LogP contribution in [0.5, 0.6) is 0 Å². The van der Waals surface area contributed by atoms with Crippen LogP contribution in [0.1, 0.15) is 18.4 Å². The zero-order valence-electron chi connectivity index (χ0n) is 15.8. The molecule has 2 aromatic rings. The van der Waals surface area contributed by atoms with Gasteiger partial charge < -0.3 is 10.2 Å². The molecule has 7 heteroatoms. The van der Waals surface area contributed by atoms with Gasteiger partial charge in [-0.3, -0.25) is 9.59 Å². The third-order valence-electron chi connectivity index (χ3n) is 4.74. The number of hydrogen-bond acceptors (Lipinski definition) is 3. The number of hydrogen-bond donors (Lipinski definition) is 1. The van der Waals surface area contributed by atoms with Gasteiger partial charge in [0.05, 0.1) is 0 Å². The number of anilines is 1. The Labute approximate surface area is 173 Å². The average Bonchev–Trinajstić information content (AvgIpc) is 2.74. The predicted octanol–water partition coefficient (Wildman–Crippen LogP) is 4.89. The molecular formula is C22H22F2N2O2S. The number of nitrogens with zero attached hydrogens (tertiary/aromatic N) is 1. The Bertz CT molecular complexity index is 849. The fourth-order valence-corrected chi connectivity index (χ4v) is 3.66. The normalized spacial score (nSPS) is 15.1. The molecule has 1 aliphatic heterocycles. The molecule has 1 N–H and O–H groups in total. The minimum atomic E-state index is -2.47. The molecular weight excluding hydrogens is 394 g/mol. The Balaban J connectivity index is 1.46. The van der Waals surface area contributed by atoms with Crippen molar-refractivity contribution in [2.24, 2.45) is 5.92 Å². The van der Waals surface area contributed by atoms with E-state index in [9.17, 15) is 18.4 Å². The number of alkyl halides is 2. The summed E-state index contributed by atoms with van der Waals surface area (Å²) >= 11 is 0.470. The smallest absolute Gasteiger partial charge is 0.288 e. The molecule has 29 heavy (non-hydrogen) atoms. The quantitative estimate of drug-likeness (QED) is 0.539. The highest BCUT2D eigenvalue weighted by molar-refractivity contribution is 7.99. The zero-order valence-corrected chi connectivity index (χ0v) is 16.6. The van der Waals surface area contributed by atoms with Gasteiger partial charge in [-0.2, -0.15) is 8.78 Å². The van der Waals surface area contributed by atoms with Crippen LogP contribution in [0.3, 0.4) is 0 Å². The number of piperidine rings is 1.